The molecule has 0 aromatic heterocycles. The first-order valence-corrected chi connectivity index (χ1v) is 6.83. The van der Waals surface area contributed by atoms with Crippen molar-refractivity contribution in [1.29, 1.82) is 0 Å². The zero-order valence-corrected chi connectivity index (χ0v) is 11.5. The minimum Gasteiger partial charge on any atom is -0.384 e. The Hall–Kier alpha value is -1.87. The highest BCUT2D eigenvalue weighted by Crippen LogP contribution is 2.33. The van der Waals surface area contributed by atoms with E-state index >= 15 is 0 Å². The summed E-state index contributed by atoms with van der Waals surface area (Å²) in [5.41, 5.74) is 2.54. The summed E-state index contributed by atoms with van der Waals surface area (Å²) in [4.78, 5) is 12.4. The number of fused-ring (bicyclic) bond motifs is 1. The molecule has 0 bridgehead atoms. The summed E-state index contributed by atoms with van der Waals surface area (Å²) >= 11 is 5.90. The second-order valence-corrected chi connectivity index (χ2v) is 5.25. The molecular formula is C16H13ClFNO. The van der Waals surface area contributed by atoms with E-state index in [-0.39, 0.29) is 23.1 Å². The molecular weight excluding hydrogens is 277 g/mol. The van der Waals surface area contributed by atoms with E-state index in [0.29, 0.717) is 12.1 Å². The summed E-state index contributed by atoms with van der Waals surface area (Å²) in [6.45, 7) is 0.588. The van der Waals surface area contributed by atoms with E-state index in [1.165, 1.54) is 6.07 Å². The molecule has 2 aromatic rings. The number of rotatable bonds is 3. The summed E-state index contributed by atoms with van der Waals surface area (Å²) in [6, 6.07) is 12.3. The summed E-state index contributed by atoms with van der Waals surface area (Å²) in [6.07, 6.45) is 0.150. The van der Waals surface area contributed by atoms with Crippen molar-refractivity contribution in [1.82, 2.24) is 0 Å². The quantitative estimate of drug-likeness (QED) is 0.931. The van der Waals surface area contributed by atoms with Crippen LogP contribution in [-0.4, -0.2) is 12.3 Å². The Bertz CT molecular complexity index is 671. The molecule has 0 amide bonds. The molecule has 0 spiro atoms. The highest BCUT2D eigenvalue weighted by atomic mass is 35.5. The predicted molar refractivity (Wildman–Crippen MR) is 77.8 cm³/mol. The number of halogens is 2. The fourth-order valence-electron chi connectivity index (χ4n) is 2.57. The second-order valence-electron chi connectivity index (χ2n) is 4.88. The van der Waals surface area contributed by atoms with Crippen LogP contribution in [0.1, 0.15) is 17.0 Å². The maximum Gasteiger partial charge on any atom is 0.146 e. The maximum atomic E-state index is 13.4. The van der Waals surface area contributed by atoms with E-state index in [1.54, 1.807) is 12.1 Å². The Morgan fingerprint density at radius 3 is 2.90 bits per heavy atom. The van der Waals surface area contributed by atoms with Crippen molar-refractivity contribution in [2.45, 2.75) is 12.3 Å². The van der Waals surface area contributed by atoms with Crippen LogP contribution >= 0.6 is 11.6 Å². The first-order valence-electron chi connectivity index (χ1n) is 6.45. The van der Waals surface area contributed by atoms with Crippen LogP contribution in [-0.2, 0) is 11.2 Å². The highest BCUT2D eigenvalue weighted by molar-refractivity contribution is 6.31. The number of carbonyl (C=O) groups is 1. The fraction of sp³-hybridized carbons (Fsp3) is 0.188. The molecule has 1 aliphatic rings. The molecule has 2 nitrogen and oxygen atoms in total. The third kappa shape index (κ3) is 2.29. The lowest BCUT2D eigenvalue weighted by Crippen LogP contribution is -2.17. The number of hydrogen-bond donors (Lipinski definition) is 1. The molecule has 0 saturated heterocycles. The molecule has 1 N–H and O–H groups in total. The van der Waals surface area contributed by atoms with Gasteiger partial charge in [0.25, 0.3) is 0 Å². The fourth-order valence-corrected chi connectivity index (χ4v) is 2.76. The SMILES string of the molecule is O=C(Cc1cccc(F)c1Cl)C1CNc2ccccc21. The van der Waals surface area contributed by atoms with E-state index in [4.69, 9.17) is 11.6 Å². The molecule has 4 heteroatoms. The lowest BCUT2D eigenvalue weighted by atomic mass is 9.93. The summed E-state index contributed by atoms with van der Waals surface area (Å²) in [5.74, 6) is -0.623. The van der Waals surface area contributed by atoms with Gasteiger partial charge in [-0.2, -0.15) is 0 Å². The zero-order chi connectivity index (χ0) is 14.1. The molecule has 1 heterocycles. The molecule has 3 rings (SSSR count). The van der Waals surface area contributed by atoms with Crippen LogP contribution in [0.25, 0.3) is 0 Å². The number of Topliss-reactive ketones (excluding diaryl/α,β-unsaturated/α-hetero) is 1. The number of anilines is 1. The monoisotopic (exact) mass is 289 g/mol. The average Bonchev–Trinajstić information content (AvgIpc) is 2.88. The van der Waals surface area contributed by atoms with Gasteiger partial charge in [-0.3, -0.25) is 4.79 Å². The smallest absolute Gasteiger partial charge is 0.146 e. The molecule has 102 valence electrons. The Kier molecular flexibility index (Phi) is 3.45. The molecule has 0 fully saturated rings. The molecule has 1 atom stereocenters. The van der Waals surface area contributed by atoms with Crippen molar-refractivity contribution in [2.75, 3.05) is 11.9 Å². The van der Waals surface area contributed by atoms with E-state index in [0.717, 1.165) is 11.3 Å². The normalized spacial score (nSPS) is 16.6. The van der Waals surface area contributed by atoms with Gasteiger partial charge in [-0.05, 0) is 23.3 Å². The molecule has 0 saturated carbocycles. The first-order chi connectivity index (χ1) is 9.66. The lowest BCUT2D eigenvalue weighted by molar-refractivity contribution is -0.119. The van der Waals surface area contributed by atoms with E-state index in [1.807, 2.05) is 24.3 Å². The van der Waals surface area contributed by atoms with Gasteiger partial charge in [0.15, 0.2) is 0 Å². The third-order valence-electron chi connectivity index (χ3n) is 3.62. The van der Waals surface area contributed by atoms with Crippen molar-refractivity contribution in [3.05, 3.63) is 64.4 Å². The Labute approximate surface area is 121 Å². The van der Waals surface area contributed by atoms with Gasteiger partial charge in [0.1, 0.15) is 11.6 Å². The van der Waals surface area contributed by atoms with Gasteiger partial charge >= 0.3 is 0 Å². The molecule has 0 radical (unpaired) electrons. The van der Waals surface area contributed by atoms with E-state index in [2.05, 4.69) is 5.32 Å². The zero-order valence-electron chi connectivity index (χ0n) is 10.7. The number of para-hydroxylation sites is 1. The third-order valence-corrected chi connectivity index (χ3v) is 4.04. The molecule has 1 aliphatic heterocycles. The lowest BCUT2D eigenvalue weighted by Gasteiger charge is -2.10. The Balaban J connectivity index is 1.83. The molecule has 1 unspecified atom stereocenters. The minimum atomic E-state index is -0.484. The van der Waals surface area contributed by atoms with Crippen molar-refractivity contribution in [3.8, 4) is 0 Å². The van der Waals surface area contributed by atoms with Gasteiger partial charge in [0, 0.05) is 18.7 Å². The number of carbonyl (C=O) groups excluding carboxylic acids is 1. The number of hydrogen-bond acceptors (Lipinski definition) is 2. The number of nitrogens with one attached hydrogen (secondary N) is 1. The highest BCUT2D eigenvalue weighted by Gasteiger charge is 2.28. The molecule has 20 heavy (non-hydrogen) atoms. The van der Waals surface area contributed by atoms with Crippen LogP contribution in [0.2, 0.25) is 5.02 Å². The van der Waals surface area contributed by atoms with E-state index < -0.39 is 5.82 Å². The van der Waals surface area contributed by atoms with Crippen molar-refractivity contribution < 1.29 is 9.18 Å². The topological polar surface area (TPSA) is 29.1 Å². The number of ketones is 1. The van der Waals surface area contributed by atoms with Gasteiger partial charge in [0.05, 0.1) is 10.9 Å². The van der Waals surface area contributed by atoms with Gasteiger partial charge in [-0.25, -0.2) is 4.39 Å². The second kappa shape index (κ2) is 5.25. The van der Waals surface area contributed by atoms with Crippen molar-refractivity contribution in [3.63, 3.8) is 0 Å². The van der Waals surface area contributed by atoms with Gasteiger partial charge in [-0.1, -0.05) is 41.9 Å². The van der Waals surface area contributed by atoms with Gasteiger partial charge in [0.2, 0.25) is 0 Å². The van der Waals surface area contributed by atoms with Gasteiger partial charge < -0.3 is 5.32 Å². The first kappa shape index (κ1) is 13.1. The largest absolute Gasteiger partial charge is 0.384 e. The van der Waals surface area contributed by atoms with Gasteiger partial charge in [-0.15, -0.1) is 0 Å². The van der Waals surface area contributed by atoms with Crippen LogP contribution in [0, 0.1) is 5.82 Å². The van der Waals surface area contributed by atoms with Crippen molar-refractivity contribution >= 4 is 23.1 Å². The summed E-state index contributed by atoms with van der Waals surface area (Å²) in [7, 11) is 0. The van der Waals surface area contributed by atoms with Crippen LogP contribution in [0.5, 0.6) is 0 Å². The number of benzene rings is 2. The van der Waals surface area contributed by atoms with Crippen LogP contribution < -0.4 is 5.32 Å². The van der Waals surface area contributed by atoms with Crippen LogP contribution in [0.15, 0.2) is 42.5 Å². The summed E-state index contributed by atoms with van der Waals surface area (Å²) < 4.78 is 13.4. The predicted octanol–water partition coefficient (Wildman–Crippen LogP) is 3.80. The van der Waals surface area contributed by atoms with E-state index in [9.17, 15) is 9.18 Å². The molecule has 0 aliphatic carbocycles. The Morgan fingerprint density at radius 2 is 2.05 bits per heavy atom. The maximum absolute atomic E-state index is 13.4. The van der Waals surface area contributed by atoms with Crippen LogP contribution in [0.4, 0.5) is 10.1 Å². The van der Waals surface area contributed by atoms with Crippen LogP contribution in [0.3, 0.4) is 0 Å². The standard InChI is InChI=1S/C16H13ClFNO/c17-16-10(4-3-6-13(16)18)8-15(20)12-9-19-14-7-2-1-5-11(12)14/h1-7,12,19H,8-9H2. The average molecular weight is 290 g/mol. The minimum absolute atomic E-state index is 0.0418. The van der Waals surface area contributed by atoms with Crippen molar-refractivity contribution in [2.24, 2.45) is 0 Å². The molecule has 2 aromatic carbocycles. The Morgan fingerprint density at radius 1 is 1.25 bits per heavy atom. The summed E-state index contributed by atoms with van der Waals surface area (Å²) in [5, 5.41) is 3.26.